The molecule has 5 nitrogen and oxygen atoms in total. The van der Waals surface area contributed by atoms with E-state index in [9.17, 15) is 9.59 Å². The molecule has 0 aromatic heterocycles. The molecule has 1 saturated heterocycles. The third-order valence-electron chi connectivity index (χ3n) is 3.67. The van der Waals surface area contributed by atoms with Gasteiger partial charge in [0, 0.05) is 26.1 Å². The number of aryl methyl sites for hydroxylation is 2. The quantitative estimate of drug-likeness (QED) is 0.847. The van der Waals surface area contributed by atoms with Gasteiger partial charge >= 0.3 is 0 Å². The Morgan fingerprint density at radius 3 is 2.95 bits per heavy atom. The normalized spacial score (nSPS) is 15.1. The fraction of sp³-hybridized carbons (Fsp3) is 0.500. The lowest BCUT2D eigenvalue weighted by Gasteiger charge is -2.26. The van der Waals surface area contributed by atoms with Crippen LogP contribution in [0.5, 0.6) is 0 Å². The summed E-state index contributed by atoms with van der Waals surface area (Å²) in [6.07, 6.45) is 1.22. The van der Waals surface area contributed by atoms with Crippen LogP contribution in [0.1, 0.15) is 17.5 Å². The van der Waals surface area contributed by atoms with E-state index in [0.717, 1.165) is 6.42 Å². The van der Waals surface area contributed by atoms with Gasteiger partial charge in [-0.2, -0.15) is 0 Å². The van der Waals surface area contributed by atoms with E-state index in [1.54, 1.807) is 4.90 Å². The van der Waals surface area contributed by atoms with Crippen LogP contribution in [-0.4, -0.2) is 49.6 Å². The van der Waals surface area contributed by atoms with Crippen LogP contribution in [-0.2, 0) is 20.7 Å². The Hall–Kier alpha value is -1.88. The monoisotopic (exact) mass is 290 g/mol. The predicted octanol–water partition coefficient (Wildman–Crippen LogP) is 0.903. The maximum absolute atomic E-state index is 11.8. The number of carbonyl (C=O) groups is 2. The Morgan fingerprint density at radius 1 is 1.38 bits per heavy atom. The Morgan fingerprint density at radius 2 is 2.19 bits per heavy atom. The van der Waals surface area contributed by atoms with E-state index >= 15 is 0 Å². The van der Waals surface area contributed by atoms with Crippen molar-refractivity contribution in [1.82, 2.24) is 10.2 Å². The second-order valence-corrected chi connectivity index (χ2v) is 5.21. The maximum atomic E-state index is 11.8. The number of carbonyl (C=O) groups excluding carboxylic acids is 2. The number of nitrogens with zero attached hydrogens (tertiary/aromatic N) is 1. The molecule has 1 aromatic carbocycles. The van der Waals surface area contributed by atoms with Crippen molar-refractivity contribution in [3.8, 4) is 0 Å². The summed E-state index contributed by atoms with van der Waals surface area (Å²) in [5.74, 6) is 0.0226. The van der Waals surface area contributed by atoms with Gasteiger partial charge in [-0.05, 0) is 24.5 Å². The van der Waals surface area contributed by atoms with E-state index in [1.165, 1.54) is 11.1 Å². The number of rotatable bonds is 6. The molecule has 1 fully saturated rings. The summed E-state index contributed by atoms with van der Waals surface area (Å²) < 4.78 is 5.06. The summed E-state index contributed by atoms with van der Waals surface area (Å²) in [6, 6.07) is 8.09. The Balaban J connectivity index is 1.66. The van der Waals surface area contributed by atoms with Crippen LogP contribution >= 0.6 is 0 Å². The molecule has 0 unspecified atom stereocenters. The van der Waals surface area contributed by atoms with Crippen molar-refractivity contribution in [3.05, 3.63) is 35.4 Å². The highest BCUT2D eigenvalue weighted by Crippen LogP contribution is 2.09. The van der Waals surface area contributed by atoms with Crippen molar-refractivity contribution in [1.29, 1.82) is 0 Å². The zero-order valence-electron chi connectivity index (χ0n) is 12.4. The standard InChI is InChI=1S/C16H22N2O3/c1-13-4-2-3-5-14(13)6-7-15(19)17-8-9-18-10-11-21-12-16(18)20/h2-5H,6-12H2,1H3,(H,17,19). The third kappa shape index (κ3) is 4.86. The summed E-state index contributed by atoms with van der Waals surface area (Å²) in [5.41, 5.74) is 2.42. The van der Waals surface area contributed by atoms with Gasteiger partial charge in [0.1, 0.15) is 6.61 Å². The SMILES string of the molecule is Cc1ccccc1CCC(=O)NCCN1CCOCC1=O. The van der Waals surface area contributed by atoms with Gasteiger partial charge < -0.3 is 15.0 Å². The van der Waals surface area contributed by atoms with Gasteiger partial charge in [0.25, 0.3) is 0 Å². The molecular formula is C16H22N2O3. The minimum atomic E-state index is -0.00425. The van der Waals surface area contributed by atoms with Crippen molar-refractivity contribution in [2.45, 2.75) is 19.8 Å². The van der Waals surface area contributed by atoms with E-state index < -0.39 is 0 Å². The van der Waals surface area contributed by atoms with Crippen LogP contribution < -0.4 is 5.32 Å². The molecule has 1 heterocycles. The topological polar surface area (TPSA) is 58.6 Å². The number of hydrogen-bond acceptors (Lipinski definition) is 3. The molecule has 0 saturated carbocycles. The molecule has 114 valence electrons. The van der Waals surface area contributed by atoms with Crippen molar-refractivity contribution in [3.63, 3.8) is 0 Å². The van der Waals surface area contributed by atoms with Gasteiger partial charge in [0.05, 0.1) is 6.61 Å². The van der Waals surface area contributed by atoms with Gasteiger partial charge in [0.2, 0.25) is 11.8 Å². The fourth-order valence-corrected chi connectivity index (χ4v) is 2.34. The number of morpholine rings is 1. The minimum Gasteiger partial charge on any atom is -0.370 e. The van der Waals surface area contributed by atoms with Crippen LogP contribution in [0.2, 0.25) is 0 Å². The summed E-state index contributed by atoms with van der Waals surface area (Å²) in [5, 5.41) is 2.87. The largest absolute Gasteiger partial charge is 0.370 e. The number of hydrogen-bond donors (Lipinski definition) is 1. The lowest BCUT2D eigenvalue weighted by Crippen LogP contribution is -2.45. The van der Waals surface area contributed by atoms with E-state index in [-0.39, 0.29) is 18.4 Å². The smallest absolute Gasteiger partial charge is 0.248 e. The van der Waals surface area contributed by atoms with Gasteiger partial charge in [-0.15, -0.1) is 0 Å². The third-order valence-corrected chi connectivity index (χ3v) is 3.67. The summed E-state index contributed by atoms with van der Waals surface area (Å²) in [7, 11) is 0. The molecule has 2 rings (SSSR count). The molecular weight excluding hydrogens is 268 g/mol. The van der Waals surface area contributed by atoms with Crippen LogP contribution in [0.3, 0.4) is 0 Å². The maximum Gasteiger partial charge on any atom is 0.248 e. The van der Waals surface area contributed by atoms with Crippen LogP contribution in [0, 0.1) is 6.92 Å². The molecule has 0 spiro atoms. The second kappa shape index (κ2) is 7.78. The van der Waals surface area contributed by atoms with Crippen LogP contribution in [0.25, 0.3) is 0 Å². The molecule has 5 heteroatoms. The molecule has 0 radical (unpaired) electrons. The van der Waals surface area contributed by atoms with E-state index in [0.29, 0.717) is 32.7 Å². The number of amides is 2. The van der Waals surface area contributed by atoms with E-state index in [1.807, 2.05) is 12.1 Å². The Bertz CT molecular complexity index is 502. The second-order valence-electron chi connectivity index (χ2n) is 5.21. The first-order valence-electron chi connectivity index (χ1n) is 7.33. The first-order chi connectivity index (χ1) is 10.2. The highest BCUT2D eigenvalue weighted by atomic mass is 16.5. The minimum absolute atomic E-state index is 0.00425. The molecule has 1 aromatic rings. The summed E-state index contributed by atoms with van der Waals surface area (Å²) in [4.78, 5) is 25.0. The number of benzene rings is 1. The molecule has 0 atom stereocenters. The highest BCUT2D eigenvalue weighted by molar-refractivity contribution is 5.78. The molecule has 21 heavy (non-hydrogen) atoms. The zero-order valence-corrected chi connectivity index (χ0v) is 12.4. The van der Waals surface area contributed by atoms with Crippen LogP contribution in [0.4, 0.5) is 0 Å². The molecule has 1 aliphatic rings. The van der Waals surface area contributed by atoms with Gasteiger partial charge in [-0.25, -0.2) is 0 Å². The number of ether oxygens (including phenoxy) is 1. The molecule has 0 aliphatic carbocycles. The highest BCUT2D eigenvalue weighted by Gasteiger charge is 2.17. The average Bonchev–Trinajstić information content (AvgIpc) is 2.48. The zero-order chi connectivity index (χ0) is 15.1. The average molecular weight is 290 g/mol. The first-order valence-corrected chi connectivity index (χ1v) is 7.33. The van der Waals surface area contributed by atoms with Crippen molar-refractivity contribution >= 4 is 11.8 Å². The van der Waals surface area contributed by atoms with Gasteiger partial charge in [-0.3, -0.25) is 9.59 Å². The first kappa shape index (κ1) is 15.5. The number of nitrogens with one attached hydrogen (secondary N) is 1. The molecule has 1 aliphatic heterocycles. The van der Waals surface area contributed by atoms with Gasteiger partial charge in [-0.1, -0.05) is 24.3 Å². The predicted molar refractivity (Wildman–Crippen MR) is 79.9 cm³/mol. The van der Waals surface area contributed by atoms with Crippen LogP contribution in [0.15, 0.2) is 24.3 Å². The van der Waals surface area contributed by atoms with Gasteiger partial charge in [0.15, 0.2) is 0 Å². The lowest BCUT2D eigenvalue weighted by atomic mass is 10.0. The van der Waals surface area contributed by atoms with E-state index in [2.05, 4.69) is 24.4 Å². The Labute approximate surface area is 125 Å². The molecule has 2 amide bonds. The molecule has 1 N–H and O–H groups in total. The summed E-state index contributed by atoms with van der Waals surface area (Å²) >= 11 is 0. The summed E-state index contributed by atoms with van der Waals surface area (Å²) in [6.45, 7) is 4.44. The van der Waals surface area contributed by atoms with Crippen molar-refractivity contribution in [2.75, 3.05) is 32.8 Å². The fourth-order valence-electron chi connectivity index (χ4n) is 2.34. The lowest BCUT2D eigenvalue weighted by molar-refractivity contribution is -0.142. The van der Waals surface area contributed by atoms with Crippen molar-refractivity contribution in [2.24, 2.45) is 0 Å². The van der Waals surface area contributed by atoms with Crippen molar-refractivity contribution < 1.29 is 14.3 Å². The Kier molecular flexibility index (Phi) is 5.75. The molecule has 0 bridgehead atoms. The van der Waals surface area contributed by atoms with E-state index in [4.69, 9.17) is 4.74 Å².